The van der Waals surface area contributed by atoms with Crippen molar-refractivity contribution in [1.29, 1.82) is 0 Å². The van der Waals surface area contributed by atoms with Crippen LogP contribution in [0.4, 0.5) is 8.78 Å². The third kappa shape index (κ3) is 2.61. The van der Waals surface area contributed by atoms with Crippen molar-refractivity contribution in [1.82, 2.24) is 14.8 Å². The van der Waals surface area contributed by atoms with E-state index in [0.29, 0.717) is 0 Å². The molecular weight excluding hydrogens is 278 g/mol. The van der Waals surface area contributed by atoms with Crippen molar-refractivity contribution < 1.29 is 17.2 Å². The Balaban J connectivity index is 2.40. The summed E-state index contributed by atoms with van der Waals surface area (Å²) in [6.45, 7) is 0. The Morgan fingerprint density at radius 1 is 1.32 bits per heavy atom. The van der Waals surface area contributed by atoms with Gasteiger partial charge < -0.3 is 4.57 Å². The van der Waals surface area contributed by atoms with Gasteiger partial charge in [-0.15, -0.1) is 10.2 Å². The van der Waals surface area contributed by atoms with E-state index in [9.17, 15) is 17.2 Å². The van der Waals surface area contributed by atoms with E-state index in [1.807, 2.05) is 0 Å². The molecule has 2 rings (SSSR count). The van der Waals surface area contributed by atoms with Crippen LogP contribution in [-0.2, 0) is 23.5 Å². The van der Waals surface area contributed by atoms with E-state index in [-0.39, 0.29) is 17.8 Å². The smallest absolute Gasteiger partial charge is 0.273 e. The first-order valence-corrected chi connectivity index (χ1v) is 6.69. The maximum absolute atomic E-state index is 13.5. The van der Waals surface area contributed by atoms with Gasteiger partial charge in [0.2, 0.25) is 0 Å². The van der Waals surface area contributed by atoms with Gasteiger partial charge in [-0.1, -0.05) is 12.1 Å². The second-order valence-electron chi connectivity index (χ2n) is 3.89. The highest BCUT2D eigenvalue weighted by Crippen LogP contribution is 2.15. The average Bonchev–Trinajstić information content (AvgIpc) is 2.66. The molecule has 0 amide bonds. The third-order valence-corrected chi connectivity index (χ3v) is 3.42. The molecule has 0 fully saturated rings. The molecule has 0 bridgehead atoms. The summed E-state index contributed by atoms with van der Waals surface area (Å²) in [4.78, 5) is 0. The topological polar surface area (TPSA) is 90.9 Å². The van der Waals surface area contributed by atoms with Crippen LogP contribution in [0.15, 0.2) is 23.4 Å². The van der Waals surface area contributed by atoms with Crippen molar-refractivity contribution in [2.45, 2.75) is 11.6 Å². The van der Waals surface area contributed by atoms with Crippen LogP contribution < -0.4 is 5.14 Å². The van der Waals surface area contributed by atoms with E-state index in [1.54, 1.807) is 0 Å². The third-order valence-electron chi connectivity index (χ3n) is 2.56. The summed E-state index contributed by atoms with van der Waals surface area (Å²) in [5.74, 6) is -1.82. The van der Waals surface area contributed by atoms with Crippen molar-refractivity contribution in [3.63, 3.8) is 0 Å². The number of nitrogens with zero attached hydrogens (tertiary/aromatic N) is 3. The number of halogens is 2. The van der Waals surface area contributed by atoms with Crippen LogP contribution in [-0.4, -0.2) is 23.2 Å². The van der Waals surface area contributed by atoms with Gasteiger partial charge in [0.15, 0.2) is 11.6 Å². The molecular formula is C10H10F2N4O2S. The van der Waals surface area contributed by atoms with E-state index in [1.165, 1.54) is 19.2 Å². The molecule has 2 N–H and O–H groups in total. The van der Waals surface area contributed by atoms with Crippen molar-refractivity contribution >= 4 is 10.0 Å². The highest BCUT2D eigenvalue weighted by molar-refractivity contribution is 7.89. The minimum Gasteiger partial charge on any atom is -0.304 e. The fraction of sp³-hybridized carbons (Fsp3) is 0.200. The summed E-state index contributed by atoms with van der Waals surface area (Å²) in [5.41, 5.74) is 0.0523. The minimum atomic E-state index is -4.00. The van der Waals surface area contributed by atoms with Crippen LogP contribution in [0.5, 0.6) is 0 Å². The van der Waals surface area contributed by atoms with Crippen LogP contribution in [0.3, 0.4) is 0 Å². The molecule has 0 spiro atoms. The van der Waals surface area contributed by atoms with Gasteiger partial charge in [0, 0.05) is 13.5 Å². The van der Waals surface area contributed by atoms with E-state index < -0.39 is 26.8 Å². The number of sulfonamides is 1. The number of primary sulfonamides is 1. The molecule has 0 atom stereocenters. The maximum atomic E-state index is 13.5. The quantitative estimate of drug-likeness (QED) is 0.881. The molecule has 0 radical (unpaired) electrons. The van der Waals surface area contributed by atoms with E-state index in [0.717, 1.165) is 10.6 Å². The second-order valence-corrected chi connectivity index (χ2v) is 5.35. The lowest BCUT2D eigenvalue weighted by Crippen LogP contribution is -2.18. The van der Waals surface area contributed by atoms with Crippen molar-refractivity contribution in [3.05, 3.63) is 41.2 Å². The first kappa shape index (κ1) is 13.6. The highest BCUT2D eigenvalue weighted by Gasteiger charge is 2.19. The molecule has 102 valence electrons. The lowest BCUT2D eigenvalue weighted by Gasteiger charge is -2.04. The van der Waals surface area contributed by atoms with Crippen molar-refractivity contribution in [2.24, 2.45) is 12.2 Å². The molecule has 6 nitrogen and oxygen atoms in total. The van der Waals surface area contributed by atoms with Gasteiger partial charge in [-0.3, -0.25) is 0 Å². The zero-order chi connectivity index (χ0) is 14.2. The number of aromatic nitrogens is 3. The summed E-state index contributed by atoms with van der Waals surface area (Å²) >= 11 is 0. The Morgan fingerprint density at radius 3 is 2.58 bits per heavy atom. The maximum Gasteiger partial charge on any atom is 0.273 e. The first-order valence-electron chi connectivity index (χ1n) is 5.14. The molecule has 0 aliphatic carbocycles. The Kier molecular flexibility index (Phi) is 3.33. The van der Waals surface area contributed by atoms with Gasteiger partial charge in [-0.2, -0.15) is 0 Å². The highest BCUT2D eigenvalue weighted by atomic mass is 32.2. The normalized spacial score (nSPS) is 11.8. The summed E-state index contributed by atoms with van der Waals surface area (Å²) < 4.78 is 50.0. The number of hydrogen-bond donors (Lipinski definition) is 1. The second kappa shape index (κ2) is 4.67. The van der Waals surface area contributed by atoms with Crippen molar-refractivity contribution in [2.75, 3.05) is 0 Å². The molecule has 0 unspecified atom stereocenters. The van der Waals surface area contributed by atoms with E-state index in [4.69, 9.17) is 5.14 Å². The van der Waals surface area contributed by atoms with Crippen LogP contribution in [0.1, 0.15) is 11.4 Å². The monoisotopic (exact) mass is 288 g/mol. The van der Waals surface area contributed by atoms with Crippen LogP contribution >= 0.6 is 0 Å². The molecule has 1 aromatic heterocycles. The zero-order valence-corrected chi connectivity index (χ0v) is 10.7. The molecule has 0 aliphatic heterocycles. The summed E-state index contributed by atoms with van der Waals surface area (Å²) in [5, 5.41) is 11.5. The molecule has 2 aromatic rings. The SMILES string of the molecule is Cn1c(Cc2cccc(F)c2F)nnc1S(N)(=O)=O. The Morgan fingerprint density at radius 2 is 2.00 bits per heavy atom. The number of hydrogen-bond acceptors (Lipinski definition) is 4. The van der Waals surface area contributed by atoms with Crippen molar-refractivity contribution in [3.8, 4) is 0 Å². The van der Waals surface area contributed by atoms with Gasteiger partial charge in [0.1, 0.15) is 5.82 Å². The minimum absolute atomic E-state index is 0.0523. The summed E-state index contributed by atoms with van der Waals surface area (Å²) in [6.07, 6.45) is -0.0946. The molecule has 9 heteroatoms. The van der Waals surface area contributed by atoms with Gasteiger partial charge in [-0.25, -0.2) is 22.3 Å². The standard InChI is InChI=1S/C10H10F2N4O2S/c1-16-8(14-15-10(16)19(13,17)18)5-6-3-2-4-7(11)9(6)12/h2-4H,5H2,1H3,(H2,13,17,18). The molecule has 1 aromatic carbocycles. The number of nitrogens with two attached hydrogens (primary N) is 1. The molecule has 19 heavy (non-hydrogen) atoms. The van der Waals surface area contributed by atoms with Crippen LogP contribution in [0.2, 0.25) is 0 Å². The zero-order valence-electron chi connectivity index (χ0n) is 9.84. The number of rotatable bonds is 3. The predicted octanol–water partition coefficient (Wildman–Crippen LogP) is 0.332. The fourth-order valence-corrected chi connectivity index (χ4v) is 2.24. The predicted molar refractivity (Wildman–Crippen MR) is 61.5 cm³/mol. The summed E-state index contributed by atoms with van der Waals surface area (Å²) in [6, 6.07) is 3.72. The average molecular weight is 288 g/mol. The molecule has 1 heterocycles. The van der Waals surface area contributed by atoms with E-state index in [2.05, 4.69) is 10.2 Å². The van der Waals surface area contributed by atoms with Crippen LogP contribution in [0, 0.1) is 11.6 Å². The fourth-order valence-electron chi connectivity index (χ4n) is 1.60. The lowest BCUT2D eigenvalue weighted by molar-refractivity contribution is 0.499. The first-order chi connectivity index (χ1) is 8.80. The number of benzene rings is 1. The molecule has 0 saturated carbocycles. The van der Waals surface area contributed by atoms with Gasteiger partial charge in [-0.05, 0) is 11.6 Å². The lowest BCUT2D eigenvalue weighted by atomic mass is 10.1. The molecule has 0 aliphatic rings. The van der Waals surface area contributed by atoms with Gasteiger partial charge in [0.05, 0.1) is 0 Å². The van der Waals surface area contributed by atoms with E-state index >= 15 is 0 Å². The Hall–Kier alpha value is -1.87. The molecule has 0 saturated heterocycles. The Bertz CT molecular complexity index is 727. The van der Waals surface area contributed by atoms with Gasteiger partial charge >= 0.3 is 0 Å². The van der Waals surface area contributed by atoms with Gasteiger partial charge in [0.25, 0.3) is 15.2 Å². The largest absolute Gasteiger partial charge is 0.304 e. The Labute approximate surface area is 107 Å². The summed E-state index contributed by atoms with van der Waals surface area (Å²) in [7, 11) is -2.62. The van der Waals surface area contributed by atoms with Crippen LogP contribution in [0.25, 0.3) is 0 Å².